The largest absolute Gasteiger partial charge is 0.325 e. The van der Waals surface area contributed by atoms with Crippen LogP contribution in [-0.4, -0.2) is 33.9 Å². The average molecular weight is 503 g/mol. The Bertz CT molecular complexity index is 1750. The number of anilines is 2. The van der Waals surface area contributed by atoms with E-state index in [1.807, 2.05) is 54.7 Å². The summed E-state index contributed by atoms with van der Waals surface area (Å²) in [5, 5.41) is 12.7. The molecule has 0 unspecified atom stereocenters. The fourth-order valence-electron chi connectivity index (χ4n) is 4.42. The van der Waals surface area contributed by atoms with Crippen LogP contribution in [0.25, 0.3) is 33.8 Å². The molecule has 1 aromatic carbocycles. The third-order valence-corrected chi connectivity index (χ3v) is 6.58. The zero-order chi connectivity index (χ0) is 26.4. The van der Waals surface area contributed by atoms with Crippen LogP contribution in [0.2, 0.25) is 0 Å². The van der Waals surface area contributed by atoms with Gasteiger partial charge in [-0.3, -0.25) is 9.08 Å². The maximum Gasteiger partial charge on any atom is 0.137 e. The van der Waals surface area contributed by atoms with Crippen molar-refractivity contribution in [2.45, 2.75) is 33.1 Å². The van der Waals surface area contributed by atoms with Gasteiger partial charge in [0, 0.05) is 36.5 Å². The van der Waals surface area contributed by atoms with E-state index in [2.05, 4.69) is 90.0 Å². The first kappa shape index (κ1) is 23.7. The molecule has 8 heteroatoms. The van der Waals surface area contributed by atoms with Crippen LogP contribution in [0.15, 0.2) is 85.5 Å². The Morgan fingerprint density at radius 3 is 2.45 bits per heavy atom. The van der Waals surface area contributed by atoms with Crippen molar-refractivity contribution < 1.29 is 0 Å². The number of hydrogen-bond acceptors (Lipinski definition) is 5. The molecule has 6 rings (SSSR count). The second-order valence-corrected chi connectivity index (χ2v) is 10.6. The van der Waals surface area contributed by atoms with E-state index in [9.17, 15) is 0 Å². The molecule has 0 amide bonds. The Morgan fingerprint density at radius 1 is 0.895 bits per heavy atom. The lowest BCUT2D eigenvalue weighted by Crippen LogP contribution is -2.12. The van der Waals surface area contributed by atoms with Gasteiger partial charge in [-0.1, -0.05) is 44.5 Å². The minimum Gasteiger partial charge on any atom is -0.325 e. The van der Waals surface area contributed by atoms with Gasteiger partial charge >= 0.3 is 0 Å². The van der Waals surface area contributed by atoms with Gasteiger partial charge in [0.25, 0.3) is 0 Å². The normalized spacial score (nSPS) is 11.8. The van der Waals surface area contributed by atoms with E-state index < -0.39 is 0 Å². The number of benzene rings is 1. The fourth-order valence-corrected chi connectivity index (χ4v) is 4.42. The first-order valence-corrected chi connectivity index (χ1v) is 12.6. The highest BCUT2D eigenvalue weighted by molar-refractivity contribution is 5.70. The second-order valence-electron chi connectivity index (χ2n) is 10.6. The van der Waals surface area contributed by atoms with E-state index in [0.717, 1.165) is 51.2 Å². The highest BCUT2D eigenvalue weighted by atomic mass is 15.3. The number of rotatable bonds is 5. The summed E-state index contributed by atoms with van der Waals surface area (Å²) >= 11 is 0. The molecule has 0 atom stereocenters. The van der Waals surface area contributed by atoms with Crippen LogP contribution >= 0.6 is 0 Å². The van der Waals surface area contributed by atoms with Gasteiger partial charge in [-0.25, -0.2) is 14.6 Å². The van der Waals surface area contributed by atoms with Crippen LogP contribution in [0, 0.1) is 6.92 Å². The van der Waals surface area contributed by atoms with E-state index >= 15 is 0 Å². The SMILES string of the molecule is Cc1ccc(-n2nc(C(C)(C)C)cc2Nc2cccc(-c3cnc4cc(-c5cnn(C)c5)ccn34)n2)cc1. The monoisotopic (exact) mass is 502 g/mol. The summed E-state index contributed by atoms with van der Waals surface area (Å²) in [6.45, 7) is 8.59. The molecule has 0 spiro atoms. The summed E-state index contributed by atoms with van der Waals surface area (Å²) in [7, 11) is 1.92. The maximum absolute atomic E-state index is 4.94. The van der Waals surface area contributed by atoms with Crippen molar-refractivity contribution in [2.24, 2.45) is 7.05 Å². The maximum atomic E-state index is 4.94. The topological polar surface area (TPSA) is 77.9 Å². The number of nitrogens with zero attached hydrogens (tertiary/aromatic N) is 7. The minimum atomic E-state index is -0.0904. The number of fused-ring (bicyclic) bond motifs is 1. The number of nitrogens with one attached hydrogen (secondary N) is 1. The molecule has 38 heavy (non-hydrogen) atoms. The van der Waals surface area contributed by atoms with Gasteiger partial charge in [-0.05, 0) is 48.9 Å². The lowest BCUT2D eigenvalue weighted by molar-refractivity contribution is 0.560. The van der Waals surface area contributed by atoms with Crippen molar-refractivity contribution in [3.63, 3.8) is 0 Å². The summed E-state index contributed by atoms with van der Waals surface area (Å²) in [6, 6.07) is 20.6. The molecule has 190 valence electrons. The highest BCUT2D eigenvalue weighted by Crippen LogP contribution is 2.29. The summed E-state index contributed by atoms with van der Waals surface area (Å²) in [4.78, 5) is 9.59. The Kier molecular flexibility index (Phi) is 5.60. The molecule has 0 aliphatic heterocycles. The predicted molar refractivity (Wildman–Crippen MR) is 151 cm³/mol. The van der Waals surface area contributed by atoms with E-state index in [4.69, 9.17) is 10.1 Å². The zero-order valence-electron chi connectivity index (χ0n) is 22.2. The molecule has 1 N–H and O–H groups in total. The van der Waals surface area contributed by atoms with Crippen LogP contribution < -0.4 is 5.32 Å². The van der Waals surface area contributed by atoms with E-state index in [1.54, 1.807) is 4.68 Å². The van der Waals surface area contributed by atoms with E-state index in [-0.39, 0.29) is 5.41 Å². The fraction of sp³-hybridized carbons (Fsp3) is 0.200. The molecule has 0 fully saturated rings. The summed E-state index contributed by atoms with van der Waals surface area (Å²) in [5.74, 6) is 1.60. The Morgan fingerprint density at radius 2 is 1.71 bits per heavy atom. The van der Waals surface area contributed by atoms with Crippen molar-refractivity contribution in [2.75, 3.05) is 5.32 Å². The van der Waals surface area contributed by atoms with Crippen molar-refractivity contribution in [3.8, 4) is 28.2 Å². The minimum absolute atomic E-state index is 0.0904. The molecule has 8 nitrogen and oxygen atoms in total. The van der Waals surface area contributed by atoms with Crippen molar-refractivity contribution in [1.29, 1.82) is 0 Å². The van der Waals surface area contributed by atoms with Gasteiger partial charge < -0.3 is 5.32 Å². The summed E-state index contributed by atoms with van der Waals surface area (Å²) in [5.41, 5.74) is 7.85. The van der Waals surface area contributed by atoms with Gasteiger partial charge in [0.05, 0.1) is 35.2 Å². The smallest absolute Gasteiger partial charge is 0.137 e. The van der Waals surface area contributed by atoms with Gasteiger partial charge in [0.15, 0.2) is 0 Å². The Balaban J connectivity index is 1.35. The van der Waals surface area contributed by atoms with Crippen molar-refractivity contribution in [3.05, 3.63) is 96.7 Å². The molecule has 0 saturated carbocycles. The predicted octanol–water partition coefficient (Wildman–Crippen LogP) is 6.33. The Labute approximate surface area is 221 Å². The van der Waals surface area contributed by atoms with Crippen LogP contribution in [0.1, 0.15) is 32.0 Å². The van der Waals surface area contributed by atoms with Crippen LogP contribution in [0.3, 0.4) is 0 Å². The first-order valence-electron chi connectivity index (χ1n) is 12.6. The molecule has 6 aromatic rings. The van der Waals surface area contributed by atoms with E-state index in [0.29, 0.717) is 0 Å². The van der Waals surface area contributed by atoms with Crippen LogP contribution in [-0.2, 0) is 12.5 Å². The number of pyridine rings is 2. The van der Waals surface area contributed by atoms with Crippen LogP contribution in [0.5, 0.6) is 0 Å². The summed E-state index contributed by atoms with van der Waals surface area (Å²) in [6.07, 6.45) is 7.75. The zero-order valence-corrected chi connectivity index (χ0v) is 22.2. The molecule has 5 heterocycles. The molecular weight excluding hydrogens is 472 g/mol. The van der Waals surface area contributed by atoms with Gasteiger partial charge in [0.1, 0.15) is 17.3 Å². The Hall–Kier alpha value is -4.72. The standard InChI is InChI=1S/C30H30N8/c1-20-9-11-23(12-10-20)38-29(16-26(35-38)30(2,3)4)34-27-8-6-7-24(33-27)25-18-31-28-15-21(13-14-37(25)28)22-17-32-36(5)19-22/h6-19H,1-5H3,(H,33,34). The first-order chi connectivity index (χ1) is 18.2. The van der Waals surface area contributed by atoms with Gasteiger partial charge in [-0.2, -0.15) is 10.2 Å². The van der Waals surface area contributed by atoms with Crippen molar-refractivity contribution in [1.82, 2.24) is 33.9 Å². The molecule has 0 bridgehead atoms. The average Bonchev–Trinajstić information content (AvgIpc) is 3.62. The van der Waals surface area contributed by atoms with Gasteiger partial charge in [-0.15, -0.1) is 0 Å². The quantitative estimate of drug-likeness (QED) is 0.298. The summed E-state index contributed by atoms with van der Waals surface area (Å²) < 4.78 is 5.80. The van der Waals surface area contributed by atoms with Gasteiger partial charge in [0.2, 0.25) is 0 Å². The van der Waals surface area contributed by atoms with E-state index in [1.165, 1.54) is 5.56 Å². The molecular formula is C30H30N8. The highest BCUT2D eigenvalue weighted by Gasteiger charge is 2.21. The molecule has 5 aromatic heterocycles. The van der Waals surface area contributed by atoms with Crippen molar-refractivity contribution >= 4 is 17.3 Å². The lowest BCUT2D eigenvalue weighted by atomic mass is 9.92. The second kappa shape index (κ2) is 8.99. The third-order valence-electron chi connectivity index (χ3n) is 6.58. The lowest BCUT2D eigenvalue weighted by Gasteiger charge is -2.14. The van der Waals surface area contributed by atoms with Crippen LogP contribution in [0.4, 0.5) is 11.6 Å². The third kappa shape index (κ3) is 4.45. The number of aryl methyl sites for hydroxylation is 2. The molecule has 0 aliphatic carbocycles. The molecule has 0 saturated heterocycles. The molecule has 0 aliphatic rings. The number of aromatic nitrogens is 7. The molecule has 0 radical (unpaired) electrons. The number of hydrogen-bond donors (Lipinski definition) is 1. The number of imidazole rings is 1.